The van der Waals surface area contributed by atoms with Gasteiger partial charge in [0.15, 0.2) is 0 Å². The molecule has 3 heterocycles. The Morgan fingerprint density at radius 1 is 1.26 bits per heavy atom. The van der Waals surface area contributed by atoms with E-state index in [1.807, 2.05) is 24.4 Å². The fourth-order valence-electron chi connectivity index (χ4n) is 3.50. The van der Waals surface area contributed by atoms with Crippen LogP contribution in [-0.2, 0) is 26.1 Å². The number of hydrogen-bond donors (Lipinski definition) is 1. The van der Waals surface area contributed by atoms with Crippen LogP contribution in [0.3, 0.4) is 0 Å². The Bertz CT molecular complexity index is 1240. The van der Waals surface area contributed by atoms with Crippen LogP contribution in [-0.4, -0.2) is 38.0 Å². The van der Waals surface area contributed by atoms with Gasteiger partial charge in [0.2, 0.25) is 10.0 Å². The Hall–Kier alpha value is -3.19. The van der Waals surface area contributed by atoms with Crippen molar-refractivity contribution in [2.45, 2.75) is 30.4 Å². The Morgan fingerprint density at radius 2 is 2.06 bits per heavy atom. The molecule has 4 rings (SSSR count). The highest BCUT2D eigenvalue weighted by Gasteiger charge is 2.21. The van der Waals surface area contributed by atoms with Gasteiger partial charge in [0.25, 0.3) is 0 Å². The van der Waals surface area contributed by atoms with E-state index in [4.69, 9.17) is 9.47 Å². The molecule has 2 aromatic heterocycles. The molecule has 1 aliphatic rings. The van der Waals surface area contributed by atoms with Crippen molar-refractivity contribution in [2.24, 2.45) is 0 Å². The number of carbonyl (C=O) groups excluding carboxylic acids is 1. The van der Waals surface area contributed by atoms with Crippen molar-refractivity contribution in [3.8, 4) is 6.07 Å². The van der Waals surface area contributed by atoms with Gasteiger partial charge in [-0.15, -0.1) is 0 Å². The lowest BCUT2D eigenvalue weighted by Gasteiger charge is -2.11. The van der Waals surface area contributed by atoms with Gasteiger partial charge in [0.1, 0.15) is 12.7 Å². The third-order valence-electron chi connectivity index (χ3n) is 5.16. The first-order valence-corrected chi connectivity index (χ1v) is 11.3. The molecule has 1 N–H and O–H groups in total. The normalized spacial score (nSPS) is 16.3. The molecule has 0 unspecified atom stereocenters. The Morgan fingerprint density at radius 3 is 2.77 bits per heavy atom. The van der Waals surface area contributed by atoms with E-state index >= 15 is 0 Å². The zero-order chi connectivity index (χ0) is 21.8. The summed E-state index contributed by atoms with van der Waals surface area (Å²) in [7, 11) is -3.69. The molecule has 0 spiro atoms. The van der Waals surface area contributed by atoms with Gasteiger partial charge in [-0.2, -0.15) is 5.26 Å². The number of hydrogen-bond acceptors (Lipinski definition) is 6. The molecule has 0 aliphatic carbocycles. The van der Waals surface area contributed by atoms with E-state index in [0.29, 0.717) is 17.7 Å². The first-order valence-electron chi connectivity index (χ1n) is 9.85. The SMILES string of the molecule is N#Cc1c(COC(=O)c2ccc(S(=O)(=O)NC[C@H]3CCCO3)cc2)cn2ccccc12. The topological polar surface area (TPSA) is 110 Å². The van der Waals surface area contributed by atoms with Crippen molar-refractivity contribution < 1.29 is 22.7 Å². The van der Waals surface area contributed by atoms with Gasteiger partial charge in [-0.25, -0.2) is 17.9 Å². The summed E-state index contributed by atoms with van der Waals surface area (Å²) in [6.45, 7) is 0.810. The van der Waals surface area contributed by atoms with Crippen LogP contribution in [0.25, 0.3) is 5.52 Å². The molecule has 0 radical (unpaired) electrons. The fraction of sp³-hybridized carbons (Fsp3) is 0.273. The predicted octanol–water partition coefficient (Wildman–Crippen LogP) is 2.63. The summed E-state index contributed by atoms with van der Waals surface area (Å²) in [6.07, 6.45) is 5.22. The quantitative estimate of drug-likeness (QED) is 0.567. The molecule has 8 nitrogen and oxygen atoms in total. The molecule has 1 saturated heterocycles. The highest BCUT2D eigenvalue weighted by atomic mass is 32.2. The number of carbonyl (C=O) groups is 1. The summed E-state index contributed by atoms with van der Waals surface area (Å²) in [5.74, 6) is -0.601. The number of nitrogens with zero attached hydrogens (tertiary/aromatic N) is 2. The number of esters is 1. The van der Waals surface area contributed by atoms with E-state index in [1.54, 1.807) is 10.6 Å². The number of ether oxygens (including phenoxy) is 2. The molecule has 3 aromatic rings. The Kier molecular flexibility index (Phi) is 6.04. The van der Waals surface area contributed by atoms with Crippen LogP contribution >= 0.6 is 0 Å². The standard InChI is InChI=1S/C22H21N3O5S/c23-12-20-17(14-25-10-2-1-5-21(20)25)15-30-22(26)16-6-8-19(9-7-16)31(27,28)24-13-18-4-3-11-29-18/h1-2,5-10,14,18,24H,3-4,11,13,15H2/t18-/m1/s1. The molecular weight excluding hydrogens is 418 g/mol. The summed E-state index contributed by atoms with van der Waals surface area (Å²) >= 11 is 0. The minimum absolute atomic E-state index is 0.0625. The molecule has 9 heteroatoms. The molecule has 160 valence electrons. The van der Waals surface area contributed by atoms with Crippen LogP contribution in [0.5, 0.6) is 0 Å². The predicted molar refractivity (Wildman–Crippen MR) is 112 cm³/mol. The average Bonchev–Trinajstić information content (AvgIpc) is 3.43. The second-order valence-electron chi connectivity index (χ2n) is 7.22. The molecule has 1 fully saturated rings. The average molecular weight is 439 g/mol. The van der Waals surface area contributed by atoms with Gasteiger partial charge in [0.05, 0.1) is 27.6 Å². The lowest BCUT2D eigenvalue weighted by Crippen LogP contribution is -2.31. The lowest BCUT2D eigenvalue weighted by atomic mass is 10.2. The zero-order valence-corrected chi connectivity index (χ0v) is 17.5. The number of rotatable bonds is 7. The van der Waals surface area contributed by atoms with Crippen LogP contribution in [0.4, 0.5) is 0 Å². The largest absolute Gasteiger partial charge is 0.457 e. The van der Waals surface area contributed by atoms with Gasteiger partial charge in [-0.1, -0.05) is 6.07 Å². The number of nitriles is 1. The zero-order valence-electron chi connectivity index (χ0n) is 16.7. The lowest BCUT2D eigenvalue weighted by molar-refractivity contribution is 0.0472. The monoisotopic (exact) mass is 439 g/mol. The number of pyridine rings is 1. The van der Waals surface area contributed by atoms with Gasteiger partial charge < -0.3 is 13.9 Å². The molecule has 0 saturated carbocycles. The minimum atomic E-state index is -3.69. The van der Waals surface area contributed by atoms with Gasteiger partial charge >= 0.3 is 5.97 Å². The van der Waals surface area contributed by atoms with E-state index < -0.39 is 16.0 Å². The second kappa shape index (κ2) is 8.89. The van der Waals surface area contributed by atoms with Crippen molar-refractivity contribution in [3.63, 3.8) is 0 Å². The number of sulfonamides is 1. The molecular formula is C22H21N3O5S. The van der Waals surface area contributed by atoms with E-state index in [1.165, 1.54) is 24.3 Å². The van der Waals surface area contributed by atoms with Crippen molar-refractivity contribution in [1.29, 1.82) is 5.26 Å². The Balaban J connectivity index is 1.40. The van der Waals surface area contributed by atoms with Crippen LogP contribution in [0.2, 0.25) is 0 Å². The fourth-order valence-corrected chi connectivity index (χ4v) is 4.57. The number of benzene rings is 1. The minimum Gasteiger partial charge on any atom is -0.457 e. The maximum atomic E-state index is 12.4. The van der Waals surface area contributed by atoms with Crippen molar-refractivity contribution in [1.82, 2.24) is 9.12 Å². The summed E-state index contributed by atoms with van der Waals surface area (Å²) in [6, 6.07) is 13.2. The second-order valence-corrected chi connectivity index (χ2v) is 8.99. The van der Waals surface area contributed by atoms with Crippen molar-refractivity contribution in [2.75, 3.05) is 13.2 Å². The third kappa shape index (κ3) is 4.61. The number of fused-ring (bicyclic) bond motifs is 1. The number of aromatic nitrogens is 1. The highest BCUT2D eigenvalue weighted by molar-refractivity contribution is 7.89. The third-order valence-corrected chi connectivity index (χ3v) is 6.60. The highest BCUT2D eigenvalue weighted by Crippen LogP contribution is 2.20. The first-order chi connectivity index (χ1) is 15.0. The first kappa shape index (κ1) is 21.1. The van der Waals surface area contributed by atoms with Crippen LogP contribution in [0.15, 0.2) is 59.8 Å². The van der Waals surface area contributed by atoms with Crippen molar-refractivity contribution in [3.05, 3.63) is 71.5 Å². The van der Waals surface area contributed by atoms with E-state index in [-0.39, 0.29) is 29.7 Å². The smallest absolute Gasteiger partial charge is 0.338 e. The van der Waals surface area contributed by atoms with Crippen molar-refractivity contribution >= 4 is 21.5 Å². The maximum Gasteiger partial charge on any atom is 0.338 e. The number of nitrogens with one attached hydrogen (secondary N) is 1. The van der Waals surface area contributed by atoms with Crippen LogP contribution in [0, 0.1) is 11.3 Å². The van der Waals surface area contributed by atoms with Gasteiger partial charge in [-0.3, -0.25) is 0 Å². The van der Waals surface area contributed by atoms with Gasteiger partial charge in [0, 0.05) is 31.1 Å². The van der Waals surface area contributed by atoms with E-state index in [2.05, 4.69) is 10.8 Å². The maximum absolute atomic E-state index is 12.4. The van der Waals surface area contributed by atoms with E-state index in [0.717, 1.165) is 18.4 Å². The molecule has 1 atom stereocenters. The summed E-state index contributed by atoms with van der Waals surface area (Å²) in [5.41, 5.74) is 2.01. The van der Waals surface area contributed by atoms with E-state index in [9.17, 15) is 18.5 Å². The summed E-state index contributed by atoms with van der Waals surface area (Å²) in [4.78, 5) is 12.5. The summed E-state index contributed by atoms with van der Waals surface area (Å²) < 4.78 is 39.9. The molecule has 0 bridgehead atoms. The summed E-state index contributed by atoms with van der Waals surface area (Å²) in [5, 5.41) is 9.43. The van der Waals surface area contributed by atoms with Crippen LogP contribution in [0.1, 0.15) is 34.3 Å². The Labute approximate surface area is 180 Å². The molecule has 1 aliphatic heterocycles. The molecule has 31 heavy (non-hydrogen) atoms. The molecule has 1 aromatic carbocycles. The van der Waals surface area contributed by atoms with Gasteiger partial charge in [-0.05, 0) is 49.2 Å². The molecule has 0 amide bonds. The van der Waals surface area contributed by atoms with Crippen LogP contribution < -0.4 is 4.72 Å².